The molecule has 0 aliphatic heterocycles. The van der Waals surface area contributed by atoms with Crippen LogP contribution in [0.15, 0.2) is 79.0 Å². The predicted octanol–water partition coefficient (Wildman–Crippen LogP) is 6.00. The van der Waals surface area contributed by atoms with Crippen LogP contribution in [0.1, 0.15) is 16.1 Å². The minimum absolute atomic E-state index is 0.805. The summed E-state index contributed by atoms with van der Waals surface area (Å²) in [5.41, 5.74) is 8.74. The molecule has 0 radical (unpaired) electrons. The summed E-state index contributed by atoms with van der Waals surface area (Å²) in [6, 6.07) is 14.2. The molecule has 0 unspecified atom stereocenters. The highest BCUT2D eigenvalue weighted by Gasteiger charge is 2.17. The summed E-state index contributed by atoms with van der Waals surface area (Å²) in [5.74, 6) is 0. The number of aryl methyl sites for hydroxylation is 1. The summed E-state index contributed by atoms with van der Waals surface area (Å²) in [6.45, 7) is 5.97. The van der Waals surface area contributed by atoms with Gasteiger partial charge < -0.3 is 4.98 Å². The van der Waals surface area contributed by atoms with Crippen molar-refractivity contribution < 1.29 is 0 Å². The predicted molar refractivity (Wildman–Crippen MR) is 123 cm³/mol. The number of nitrogens with zero attached hydrogens (tertiary/aromatic N) is 3. The normalized spacial score (nSPS) is 11.8. The lowest BCUT2D eigenvalue weighted by atomic mass is 10.0. The Morgan fingerprint density at radius 1 is 1.13 bits per heavy atom. The third kappa shape index (κ3) is 3.17. The molecule has 5 aromatic heterocycles. The quantitative estimate of drug-likeness (QED) is 0.350. The topological polar surface area (TPSA) is 70.2 Å². The average Bonchev–Trinajstić information content (AvgIpc) is 3.52. The van der Waals surface area contributed by atoms with Crippen LogP contribution in [0.4, 0.5) is 0 Å². The minimum Gasteiger partial charge on any atom is -0.357 e. The molecule has 5 nitrogen and oxygen atoms in total. The van der Waals surface area contributed by atoms with Crippen LogP contribution in [0.3, 0.4) is 0 Å². The third-order valence-corrected chi connectivity index (χ3v) is 5.92. The van der Waals surface area contributed by atoms with Crippen molar-refractivity contribution >= 4 is 27.9 Å². The van der Waals surface area contributed by atoms with E-state index < -0.39 is 0 Å². The fourth-order valence-corrected chi connectivity index (χ4v) is 4.36. The van der Waals surface area contributed by atoms with Gasteiger partial charge in [-0.1, -0.05) is 24.8 Å². The summed E-state index contributed by atoms with van der Waals surface area (Å²) in [5, 5.41) is 9.74. The Morgan fingerprint density at radius 3 is 2.77 bits per heavy atom. The zero-order valence-corrected chi connectivity index (χ0v) is 17.2. The van der Waals surface area contributed by atoms with Crippen LogP contribution in [0, 0.1) is 6.92 Å². The first-order valence-electron chi connectivity index (χ1n) is 9.57. The number of hydrogen-bond donors (Lipinski definition) is 2. The molecule has 146 valence electrons. The molecule has 2 N–H and O–H groups in total. The van der Waals surface area contributed by atoms with Gasteiger partial charge in [0.05, 0.1) is 16.9 Å². The van der Waals surface area contributed by atoms with E-state index in [9.17, 15) is 0 Å². The summed E-state index contributed by atoms with van der Waals surface area (Å²) in [6.07, 6.45) is 7.42. The lowest BCUT2D eigenvalue weighted by Crippen LogP contribution is -1.86. The summed E-state index contributed by atoms with van der Waals surface area (Å²) >= 11 is 1.71. The van der Waals surface area contributed by atoms with Crippen LogP contribution in [0.25, 0.3) is 39.3 Å². The monoisotopic (exact) mass is 409 g/mol. The van der Waals surface area contributed by atoms with Crippen molar-refractivity contribution in [3.05, 3.63) is 95.1 Å². The third-order valence-electron chi connectivity index (χ3n) is 5.02. The number of fused-ring (bicyclic) bond motifs is 1. The Hall–Kier alpha value is -3.77. The molecule has 30 heavy (non-hydrogen) atoms. The average molecular weight is 410 g/mol. The van der Waals surface area contributed by atoms with Gasteiger partial charge in [0.2, 0.25) is 0 Å². The second-order valence-corrected chi connectivity index (χ2v) is 7.86. The smallest absolute Gasteiger partial charge is 0.135 e. The Bertz CT molecular complexity index is 1360. The van der Waals surface area contributed by atoms with Crippen molar-refractivity contribution in [1.82, 2.24) is 25.1 Å². The fraction of sp³-hybridized carbons (Fsp3) is 0.0417. The first kappa shape index (κ1) is 18.3. The van der Waals surface area contributed by atoms with E-state index in [2.05, 4.69) is 57.2 Å². The lowest BCUT2D eigenvalue weighted by Gasteiger charge is -2.03. The molecule has 5 heterocycles. The van der Waals surface area contributed by atoms with E-state index in [1.54, 1.807) is 23.7 Å². The standard InChI is InChI=1S/C24H19N5S/c1-3-5-17(22-6-4-13-30-22)18-14-21(26-15(18)2)24-23-20(28-29-24)8-7-19(27-23)16-9-11-25-12-10-16/h3-14,26H,1H2,2H3,(H,28,29)/b17-5+. The molecular formula is C24H19N5S. The molecular weight excluding hydrogens is 390 g/mol. The molecule has 0 saturated carbocycles. The maximum Gasteiger partial charge on any atom is 0.135 e. The number of aromatic amines is 2. The number of thiophene rings is 1. The lowest BCUT2D eigenvalue weighted by molar-refractivity contribution is 1.11. The largest absolute Gasteiger partial charge is 0.357 e. The van der Waals surface area contributed by atoms with E-state index in [1.165, 1.54) is 4.88 Å². The minimum atomic E-state index is 0.805. The van der Waals surface area contributed by atoms with Crippen molar-refractivity contribution in [2.75, 3.05) is 0 Å². The van der Waals surface area contributed by atoms with Gasteiger partial charge in [0.1, 0.15) is 11.2 Å². The number of H-pyrrole nitrogens is 2. The van der Waals surface area contributed by atoms with Crippen molar-refractivity contribution in [1.29, 1.82) is 0 Å². The molecule has 0 amide bonds. The fourth-order valence-electron chi connectivity index (χ4n) is 3.59. The summed E-state index contributed by atoms with van der Waals surface area (Å²) in [4.78, 5) is 13.7. The maximum atomic E-state index is 4.88. The van der Waals surface area contributed by atoms with Crippen LogP contribution < -0.4 is 0 Å². The highest BCUT2D eigenvalue weighted by atomic mass is 32.1. The number of rotatable bonds is 5. The van der Waals surface area contributed by atoms with Gasteiger partial charge in [-0.25, -0.2) is 4.98 Å². The highest BCUT2D eigenvalue weighted by Crippen LogP contribution is 2.34. The van der Waals surface area contributed by atoms with E-state index in [4.69, 9.17) is 4.98 Å². The number of hydrogen-bond acceptors (Lipinski definition) is 4. The van der Waals surface area contributed by atoms with Crippen LogP contribution in [-0.2, 0) is 0 Å². The Balaban J connectivity index is 1.62. The molecule has 0 atom stereocenters. The SMILES string of the molecule is C=C/C=C(/c1cccs1)c1cc(-c2n[nH]c3ccc(-c4ccncc4)nc23)[nH]c1C. The van der Waals surface area contributed by atoms with Crippen LogP contribution in [0.2, 0.25) is 0 Å². The van der Waals surface area contributed by atoms with Gasteiger partial charge in [-0.3, -0.25) is 10.1 Å². The van der Waals surface area contributed by atoms with E-state index in [0.717, 1.165) is 50.5 Å². The summed E-state index contributed by atoms with van der Waals surface area (Å²) < 4.78 is 0. The Labute approximate surface area is 177 Å². The number of aromatic nitrogens is 5. The van der Waals surface area contributed by atoms with Crippen LogP contribution in [0.5, 0.6) is 0 Å². The molecule has 0 aliphatic rings. The van der Waals surface area contributed by atoms with Crippen molar-refractivity contribution in [3.8, 4) is 22.6 Å². The second-order valence-electron chi connectivity index (χ2n) is 6.92. The van der Waals surface area contributed by atoms with E-state index in [-0.39, 0.29) is 0 Å². The highest BCUT2D eigenvalue weighted by molar-refractivity contribution is 7.11. The van der Waals surface area contributed by atoms with E-state index in [1.807, 2.05) is 36.4 Å². The Kier molecular flexibility index (Phi) is 4.61. The molecule has 5 rings (SSSR count). The van der Waals surface area contributed by atoms with Crippen LogP contribution >= 0.6 is 11.3 Å². The molecule has 0 spiro atoms. The zero-order valence-electron chi connectivity index (χ0n) is 16.4. The van der Waals surface area contributed by atoms with Crippen LogP contribution in [-0.4, -0.2) is 25.1 Å². The first-order valence-corrected chi connectivity index (χ1v) is 10.4. The van der Waals surface area contributed by atoms with Gasteiger partial charge in [-0.05, 0) is 48.7 Å². The second kappa shape index (κ2) is 7.57. The maximum absolute atomic E-state index is 4.88. The van der Waals surface area contributed by atoms with Gasteiger partial charge in [-0.2, -0.15) is 5.10 Å². The first-order chi connectivity index (χ1) is 14.7. The van der Waals surface area contributed by atoms with Crippen molar-refractivity contribution in [2.24, 2.45) is 0 Å². The zero-order chi connectivity index (χ0) is 20.5. The van der Waals surface area contributed by atoms with Crippen molar-refractivity contribution in [2.45, 2.75) is 6.92 Å². The molecule has 0 aliphatic carbocycles. The molecule has 6 heteroatoms. The number of allylic oxidation sites excluding steroid dienone is 2. The van der Waals surface area contributed by atoms with Gasteiger partial charge >= 0.3 is 0 Å². The van der Waals surface area contributed by atoms with Gasteiger partial charge in [0, 0.05) is 39.7 Å². The van der Waals surface area contributed by atoms with Gasteiger partial charge in [0.15, 0.2) is 0 Å². The molecule has 5 aromatic rings. The van der Waals surface area contributed by atoms with E-state index in [0.29, 0.717) is 0 Å². The molecule has 0 saturated heterocycles. The van der Waals surface area contributed by atoms with Gasteiger partial charge in [0.25, 0.3) is 0 Å². The molecule has 0 aromatic carbocycles. The molecule has 0 fully saturated rings. The summed E-state index contributed by atoms with van der Waals surface area (Å²) in [7, 11) is 0. The number of pyridine rings is 2. The number of nitrogens with one attached hydrogen (secondary N) is 2. The van der Waals surface area contributed by atoms with Gasteiger partial charge in [-0.15, -0.1) is 11.3 Å². The Morgan fingerprint density at radius 2 is 2.00 bits per heavy atom. The van der Waals surface area contributed by atoms with E-state index >= 15 is 0 Å². The van der Waals surface area contributed by atoms with Crippen molar-refractivity contribution in [3.63, 3.8) is 0 Å². The molecule has 0 bridgehead atoms.